The van der Waals surface area contributed by atoms with Crippen LogP contribution in [0.1, 0.15) is 32.0 Å². The van der Waals surface area contributed by atoms with Gasteiger partial charge in [0.2, 0.25) is 0 Å². The van der Waals surface area contributed by atoms with Crippen LogP contribution in [0.5, 0.6) is 0 Å². The largest absolute Gasteiger partial charge is 0.309 e. The van der Waals surface area contributed by atoms with E-state index in [2.05, 4.69) is 29.1 Å². The van der Waals surface area contributed by atoms with Crippen molar-refractivity contribution in [1.29, 1.82) is 0 Å². The van der Waals surface area contributed by atoms with E-state index in [9.17, 15) is 0 Å². The van der Waals surface area contributed by atoms with Gasteiger partial charge in [-0.3, -0.25) is 0 Å². The molecule has 1 rings (SSSR count). The minimum Gasteiger partial charge on any atom is -0.309 e. The minimum atomic E-state index is 0.373. The average Bonchev–Trinajstić information content (AvgIpc) is 2.15. The van der Waals surface area contributed by atoms with Crippen LogP contribution in [-0.2, 0) is 0 Å². The third-order valence-corrected chi connectivity index (χ3v) is 1.82. The van der Waals surface area contributed by atoms with Gasteiger partial charge in [-0.25, -0.2) is 9.97 Å². The van der Waals surface area contributed by atoms with E-state index in [0.717, 1.165) is 18.7 Å². The fourth-order valence-electron chi connectivity index (χ4n) is 1.21. The van der Waals surface area contributed by atoms with Gasteiger partial charge in [0.1, 0.15) is 6.33 Å². The Bertz CT molecular complexity index is 210. The van der Waals surface area contributed by atoms with Gasteiger partial charge in [-0.15, -0.1) is 0 Å². The minimum absolute atomic E-state index is 0.373. The van der Waals surface area contributed by atoms with Gasteiger partial charge >= 0.3 is 0 Å². The first-order valence-electron chi connectivity index (χ1n) is 4.37. The van der Waals surface area contributed by atoms with Crippen LogP contribution < -0.4 is 5.32 Å². The van der Waals surface area contributed by atoms with Gasteiger partial charge in [-0.05, 0) is 19.0 Å². The van der Waals surface area contributed by atoms with Crippen molar-refractivity contribution in [3.63, 3.8) is 0 Å². The topological polar surface area (TPSA) is 37.8 Å². The molecule has 3 heteroatoms. The van der Waals surface area contributed by atoms with Crippen LogP contribution in [0.15, 0.2) is 18.6 Å². The summed E-state index contributed by atoms with van der Waals surface area (Å²) in [4.78, 5) is 8.08. The van der Waals surface area contributed by atoms with E-state index >= 15 is 0 Å². The van der Waals surface area contributed by atoms with Gasteiger partial charge in [0, 0.05) is 12.2 Å². The lowest BCUT2D eigenvalue weighted by Crippen LogP contribution is -2.20. The maximum atomic E-state index is 4.19. The molecule has 0 fully saturated rings. The van der Waals surface area contributed by atoms with Gasteiger partial charge in [0.25, 0.3) is 0 Å². The third-order valence-electron chi connectivity index (χ3n) is 1.82. The molecule has 1 heterocycles. The smallest absolute Gasteiger partial charge is 0.115 e. The molecule has 1 atom stereocenters. The van der Waals surface area contributed by atoms with E-state index in [4.69, 9.17) is 0 Å². The molecule has 1 N–H and O–H groups in total. The molecule has 0 aliphatic rings. The van der Waals surface area contributed by atoms with E-state index in [-0.39, 0.29) is 0 Å². The number of nitrogens with zero attached hydrogens (tertiary/aromatic N) is 2. The zero-order valence-corrected chi connectivity index (χ0v) is 7.62. The molecule has 3 nitrogen and oxygen atoms in total. The first-order valence-corrected chi connectivity index (χ1v) is 4.37. The molecule has 66 valence electrons. The van der Waals surface area contributed by atoms with Crippen LogP contribution in [0.25, 0.3) is 0 Å². The van der Waals surface area contributed by atoms with Gasteiger partial charge in [-0.2, -0.15) is 0 Å². The summed E-state index contributed by atoms with van der Waals surface area (Å²) < 4.78 is 0. The molecule has 1 aromatic rings. The van der Waals surface area contributed by atoms with Gasteiger partial charge in [0.15, 0.2) is 0 Å². The predicted molar refractivity (Wildman–Crippen MR) is 48.7 cm³/mol. The second kappa shape index (κ2) is 4.83. The van der Waals surface area contributed by atoms with Crippen molar-refractivity contribution in [3.8, 4) is 0 Å². The van der Waals surface area contributed by atoms with Crippen molar-refractivity contribution in [3.05, 3.63) is 24.3 Å². The molecule has 0 spiro atoms. The molecule has 0 aromatic carbocycles. The normalized spacial score (nSPS) is 12.8. The molecule has 12 heavy (non-hydrogen) atoms. The van der Waals surface area contributed by atoms with Crippen molar-refractivity contribution in [2.75, 3.05) is 6.54 Å². The van der Waals surface area contributed by atoms with Gasteiger partial charge < -0.3 is 5.32 Å². The highest BCUT2D eigenvalue weighted by Crippen LogP contribution is 2.11. The Morgan fingerprint density at radius 1 is 1.50 bits per heavy atom. The van der Waals surface area contributed by atoms with Crippen molar-refractivity contribution >= 4 is 0 Å². The Balaban J connectivity index is 2.66. The van der Waals surface area contributed by atoms with Gasteiger partial charge in [-0.1, -0.05) is 13.8 Å². The molecule has 0 radical (unpaired) electrons. The molecule has 0 saturated carbocycles. The van der Waals surface area contributed by atoms with E-state index in [1.165, 1.54) is 0 Å². The quantitative estimate of drug-likeness (QED) is 0.735. The monoisotopic (exact) mass is 165 g/mol. The average molecular weight is 165 g/mol. The standard InChI is InChI=1S/C9H15N3/c1-3-8(11-4-2)9-5-6-10-7-12-9/h5-8,11H,3-4H2,1-2H3. The summed E-state index contributed by atoms with van der Waals surface area (Å²) in [6.07, 6.45) is 4.43. The Hall–Kier alpha value is -0.960. The zero-order valence-electron chi connectivity index (χ0n) is 7.62. The Labute approximate surface area is 73.2 Å². The summed E-state index contributed by atoms with van der Waals surface area (Å²) in [6.45, 7) is 5.22. The number of aromatic nitrogens is 2. The van der Waals surface area contributed by atoms with E-state index in [0.29, 0.717) is 6.04 Å². The van der Waals surface area contributed by atoms with Crippen molar-refractivity contribution in [2.24, 2.45) is 0 Å². The number of hydrogen-bond acceptors (Lipinski definition) is 3. The van der Waals surface area contributed by atoms with Crippen LogP contribution in [0.2, 0.25) is 0 Å². The number of hydrogen-bond donors (Lipinski definition) is 1. The number of rotatable bonds is 4. The molecule has 0 aliphatic carbocycles. The first kappa shape index (κ1) is 9.13. The highest BCUT2D eigenvalue weighted by molar-refractivity contribution is 5.03. The van der Waals surface area contributed by atoms with Crippen molar-refractivity contribution in [2.45, 2.75) is 26.3 Å². The maximum Gasteiger partial charge on any atom is 0.115 e. The lowest BCUT2D eigenvalue weighted by atomic mass is 10.1. The van der Waals surface area contributed by atoms with Crippen LogP contribution in [0.3, 0.4) is 0 Å². The van der Waals surface area contributed by atoms with Crippen molar-refractivity contribution < 1.29 is 0 Å². The summed E-state index contributed by atoms with van der Waals surface area (Å²) in [6, 6.07) is 2.33. The molecule has 1 unspecified atom stereocenters. The second-order valence-corrected chi connectivity index (χ2v) is 2.65. The van der Waals surface area contributed by atoms with E-state index in [1.54, 1.807) is 12.5 Å². The zero-order chi connectivity index (χ0) is 8.81. The third kappa shape index (κ3) is 2.27. The van der Waals surface area contributed by atoms with Crippen LogP contribution >= 0.6 is 0 Å². The van der Waals surface area contributed by atoms with E-state index in [1.807, 2.05) is 6.07 Å². The Morgan fingerprint density at radius 3 is 2.83 bits per heavy atom. The highest BCUT2D eigenvalue weighted by atomic mass is 14.9. The van der Waals surface area contributed by atoms with Gasteiger partial charge in [0.05, 0.1) is 5.69 Å². The molecule has 0 amide bonds. The van der Waals surface area contributed by atoms with Crippen LogP contribution in [0, 0.1) is 0 Å². The fourth-order valence-corrected chi connectivity index (χ4v) is 1.21. The highest BCUT2D eigenvalue weighted by Gasteiger charge is 2.07. The molecule has 1 aromatic heterocycles. The first-order chi connectivity index (χ1) is 5.88. The maximum absolute atomic E-state index is 4.19. The summed E-state index contributed by atoms with van der Waals surface area (Å²) in [5.41, 5.74) is 1.08. The SMILES string of the molecule is CCNC(CC)c1ccncn1. The molecule has 0 bridgehead atoms. The van der Waals surface area contributed by atoms with E-state index < -0.39 is 0 Å². The Kier molecular flexibility index (Phi) is 3.67. The predicted octanol–water partition coefficient (Wildman–Crippen LogP) is 1.54. The molecule has 0 saturated heterocycles. The summed E-state index contributed by atoms with van der Waals surface area (Å²) in [5, 5.41) is 3.36. The fraction of sp³-hybridized carbons (Fsp3) is 0.556. The van der Waals surface area contributed by atoms with Crippen LogP contribution in [-0.4, -0.2) is 16.5 Å². The summed E-state index contributed by atoms with van der Waals surface area (Å²) >= 11 is 0. The van der Waals surface area contributed by atoms with Crippen molar-refractivity contribution in [1.82, 2.24) is 15.3 Å². The second-order valence-electron chi connectivity index (χ2n) is 2.65. The molecular weight excluding hydrogens is 150 g/mol. The van der Waals surface area contributed by atoms with Crippen LogP contribution in [0.4, 0.5) is 0 Å². The lowest BCUT2D eigenvalue weighted by molar-refractivity contribution is 0.523. The molecular formula is C9H15N3. The summed E-state index contributed by atoms with van der Waals surface area (Å²) in [5.74, 6) is 0. The lowest BCUT2D eigenvalue weighted by Gasteiger charge is -2.13. The number of nitrogens with one attached hydrogen (secondary N) is 1. The molecule has 0 aliphatic heterocycles. The Morgan fingerprint density at radius 2 is 2.33 bits per heavy atom. The summed E-state index contributed by atoms with van der Waals surface area (Å²) in [7, 11) is 0.